The predicted molar refractivity (Wildman–Crippen MR) is 103 cm³/mol. The first-order chi connectivity index (χ1) is 13.5. The fourth-order valence-corrected chi connectivity index (χ4v) is 3.48. The number of fused-ring (bicyclic) bond motifs is 1. The number of thiophene rings is 1. The number of ether oxygens (including phenoxy) is 1. The summed E-state index contributed by atoms with van der Waals surface area (Å²) in [5.41, 5.74) is 2.44. The zero-order chi connectivity index (χ0) is 19.7. The van der Waals surface area contributed by atoms with E-state index in [0.717, 1.165) is 0 Å². The molecule has 0 bridgehead atoms. The number of ketones is 1. The number of pyridine rings is 1. The number of carbonyl (C=O) groups is 2. The summed E-state index contributed by atoms with van der Waals surface area (Å²) >= 11 is 1.33. The van der Waals surface area contributed by atoms with E-state index in [9.17, 15) is 14.0 Å². The van der Waals surface area contributed by atoms with Gasteiger partial charge in [-0.05, 0) is 35.2 Å². The van der Waals surface area contributed by atoms with Crippen molar-refractivity contribution >= 4 is 40.2 Å². The fourth-order valence-electron chi connectivity index (χ4n) is 2.80. The van der Waals surface area contributed by atoms with Crippen LogP contribution in [0.25, 0.3) is 22.2 Å². The molecule has 0 aliphatic carbocycles. The van der Waals surface area contributed by atoms with E-state index in [4.69, 9.17) is 0 Å². The molecule has 1 aromatic carbocycles. The summed E-state index contributed by atoms with van der Waals surface area (Å²) in [5.74, 6) is -0.660. The Labute approximate surface area is 162 Å². The van der Waals surface area contributed by atoms with Crippen LogP contribution in [0, 0.1) is 5.95 Å². The standard InChI is InChI=1S/C19H13FN4O3S/c1-27-19(26)24-18-22-13-8-11(17(25)14-3-2-6-28-14)7-12(16(13)23-18)10-4-5-21-15(20)9-10/h2-9H,1H3,(H2,22,23,24,26). The number of nitrogens with zero attached hydrogens (tertiary/aromatic N) is 2. The molecule has 2 N–H and O–H groups in total. The lowest BCUT2D eigenvalue weighted by atomic mass is 9.99. The van der Waals surface area contributed by atoms with Gasteiger partial charge in [-0.15, -0.1) is 11.3 Å². The number of hydrogen-bond donors (Lipinski definition) is 2. The molecule has 4 aromatic rings. The van der Waals surface area contributed by atoms with Gasteiger partial charge >= 0.3 is 6.09 Å². The maximum Gasteiger partial charge on any atom is 0.413 e. The third kappa shape index (κ3) is 3.35. The van der Waals surface area contributed by atoms with Crippen LogP contribution in [0.3, 0.4) is 0 Å². The second kappa shape index (κ2) is 7.20. The minimum Gasteiger partial charge on any atom is -0.453 e. The first kappa shape index (κ1) is 17.8. The van der Waals surface area contributed by atoms with Gasteiger partial charge in [-0.3, -0.25) is 10.1 Å². The molecular formula is C19H13FN4O3S. The van der Waals surface area contributed by atoms with Crippen LogP contribution < -0.4 is 5.32 Å². The summed E-state index contributed by atoms with van der Waals surface area (Å²) in [6, 6.07) is 9.72. The molecule has 3 aromatic heterocycles. The summed E-state index contributed by atoms with van der Waals surface area (Å²) in [6.45, 7) is 0. The Balaban J connectivity index is 1.90. The zero-order valence-corrected chi connectivity index (χ0v) is 15.3. The molecule has 0 saturated heterocycles. The molecule has 4 rings (SSSR count). The predicted octanol–water partition coefficient (Wildman–Crippen LogP) is 4.23. The molecule has 0 atom stereocenters. The molecule has 0 radical (unpaired) electrons. The maximum atomic E-state index is 13.7. The van der Waals surface area contributed by atoms with Gasteiger partial charge in [0.15, 0.2) is 0 Å². The normalized spacial score (nSPS) is 10.8. The number of nitrogens with one attached hydrogen (secondary N) is 2. The number of aromatic nitrogens is 3. The summed E-state index contributed by atoms with van der Waals surface area (Å²) in [7, 11) is 1.24. The number of aromatic amines is 1. The number of imidazole rings is 1. The fraction of sp³-hybridized carbons (Fsp3) is 0.0526. The highest BCUT2D eigenvalue weighted by molar-refractivity contribution is 7.12. The van der Waals surface area contributed by atoms with E-state index in [1.807, 2.05) is 5.38 Å². The second-order valence-electron chi connectivity index (χ2n) is 5.80. The Hall–Kier alpha value is -3.59. The van der Waals surface area contributed by atoms with Crippen LogP contribution in [-0.4, -0.2) is 33.9 Å². The molecule has 7 nitrogen and oxygen atoms in total. The number of benzene rings is 1. The Morgan fingerprint density at radius 2 is 2.11 bits per heavy atom. The lowest BCUT2D eigenvalue weighted by Gasteiger charge is -2.06. The second-order valence-corrected chi connectivity index (χ2v) is 6.74. The molecule has 0 unspecified atom stereocenters. The number of amides is 1. The summed E-state index contributed by atoms with van der Waals surface area (Å²) < 4.78 is 18.3. The van der Waals surface area contributed by atoms with Gasteiger partial charge < -0.3 is 9.72 Å². The highest BCUT2D eigenvalue weighted by Gasteiger charge is 2.18. The molecule has 1 amide bonds. The highest BCUT2D eigenvalue weighted by Crippen LogP contribution is 2.31. The molecule has 140 valence electrons. The van der Waals surface area contributed by atoms with Crippen LogP contribution in [-0.2, 0) is 4.74 Å². The van der Waals surface area contributed by atoms with Gasteiger partial charge in [0.2, 0.25) is 17.7 Å². The van der Waals surface area contributed by atoms with E-state index >= 15 is 0 Å². The summed E-state index contributed by atoms with van der Waals surface area (Å²) in [4.78, 5) is 35.8. The average Bonchev–Trinajstić information content (AvgIpc) is 3.36. The van der Waals surface area contributed by atoms with Crippen LogP contribution in [0.5, 0.6) is 0 Å². The minimum atomic E-state index is -0.689. The number of H-pyrrole nitrogens is 1. The van der Waals surface area contributed by atoms with E-state index in [0.29, 0.717) is 32.6 Å². The van der Waals surface area contributed by atoms with Crippen molar-refractivity contribution in [3.05, 3.63) is 64.4 Å². The van der Waals surface area contributed by atoms with Crippen molar-refractivity contribution in [1.82, 2.24) is 15.0 Å². The van der Waals surface area contributed by atoms with E-state index in [1.54, 1.807) is 30.3 Å². The van der Waals surface area contributed by atoms with Gasteiger partial charge in [0.25, 0.3) is 0 Å². The lowest BCUT2D eigenvalue weighted by Crippen LogP contribution is -2.11. The first-order valence-corrected chi connectivity index (χ1v) is 9.02. The molecule has 28 heavy (non-hydrogen) atoms. The van der Waals surface area contributed by atoms with E-state index < -0.39 is 12.0 Å². The SMILES string of the molecule is COC(=O)Nc1nc2c(-c3ccnc(F)c3)cc(C(=O)c3cccs3)cc2[nH]1. The Morgan fingerprint density at radius 1 is 1.25 bits per heavy atom. The average molecular weight is 396 g/mol. The van der Waals surface area contributed by atoms with Crippen LogP contribution in [0.2, 0.25) is 0 Å². The first-order valence-electron chi connectivity index (χ1n) is 8.14. The minimum absolute atomic E-state index is 0.151. The number of hydrogen-bond acceptors (Lipinski definition) is 6. The number of methoxy groups -OCH3 is 1. The Bertz CT molecular complexity index is 1190. The molecule has 0 saturated carbocycles. The van der Waals surface area contributed by atoms with E-state index in [-0.39, 0.29) is 11.7 Å². The summed E-state index contributed by atoms with van der Waals surface area (Å²) in [5, 5.41) is 4.27. The zero-order valence-electron chi connectivity index (χ0n) is 14.5. The van der Waals surface area contributed by atoms with Crippen LogP contribution in [0.4, 0.5) is 15.1 Å². The molecule has 0 spiro atoms. The topological polar surface area (TPSA) is 97.0 Å². The van der Waals surface area contributed by atoms with Crippen LogP contribution in [0.1, 0.15) is 15.2 Å². The third-order valence-corrected chi connectivity index (χ3v) is 4.91. The van der Waals surface area contributed by atoms with Crippen molar-refractivity contribution in [3.63, 3.8) is 0 Å². The van der Waals surface area contributed by atoms with Crippen molar-refractivity contribution in [2.75, 3.05) is 12.4 Å². The lowest BCUT2D eigenvalue weighted by molar-refractivity contribution is 0.104. The Kier molecular flexibility index (Phi) is 4.58. The molecular weight excluding hydrogens is 383 g/mol. The van der Waals surface area contributed by atoms with Crippen molar-refractivity contribution in [1.29, 1.82) is 0 Å². The number of carbonyl (C=O) groups excluding carboxylic acids is 2. The largest absolute Gasteiger partial charge is 0.453 e. The molecule has 9 heteroatoms. The number of anilines is 1. The monoisotopic (exact) mass is 396 g/mol. The molecule has 3 heterocycles. The van der Waals surface area contributed by atoms with Crippen molar-refractivity contribution in [2.24, 2.45) is 0 Å². The summed E-state index contributed by atoms with van der Waals surface area (Å²) in [6.07, 6.45) is 0.648. The van der Waals surface area contributed by atoms with Gasteiger partial charge in [-0.25, -0.2) is 14.8 Å². The smallest absolute Gasteiger partial charge is 0.413 e. The molecule has 0 aliphatic heterocycles. The van der Waals surface area contributed by atoms with Gasteiger partial charge in [-0.1, -0.05) is 6.07 Å². The molecule has 0 aliphatic rings. The number of halogens is 1. The highest BCUT2D eigenvalue weighted by atomic mass is 32.1. The quantitative estimate of drug-likeness (QED) is 0.397. The van der Waals surface area contributed by atoms with Gasteiger partial charge in [0.05, 0.1) is 23.0 Å². The van der Waals surface area contributed by atoms with E-state index in [2.05, 4.69) is 25.0 Å². The Morgan fingerprint density at radius 3 is 2.82 bits per heavy atom. The van der Waals surface area contributed by atoms with E-state index in [1.165, 1.54) is 30.7 Å². The van der Waals surface area contributed by atoms with Crippen molar-refractivity contribution < 1.29 is 18.7 Å². The van der Waals surface area contributed by atoms with Crippen LogP contribution >= 0.6 is 11.3 Å². The van der Waals surface area contributed by atoms with Gasteiger partial charge in [-0.2, -0.15) is 4.39 Å². The molecule has 0 fully saturated rings. The van der Waals surface area contributed by atoms with Crippen molar-refractivity contribution in [3.8, 4) is 11.1 Å². The van der Waals surface area contributed by atoms with Crippen LogP contribution in [0.15, 0.2) is 48.0 Å². The van der Waals surface area contributed by atoms with Gasteiger partial charge in [0, 0.05) is 23.4 Å². The van der Waals surface area contributed by atoms with Crippen molar-refractivity contribution in [2.45, 2.75) is 0 Å². The maximum absolute atomic E-state index is 13.7. The van der Waals surface area contributed by atoms with Gasteiger partial charge in [0.1, 0.15) is 0 Å². The number of rotatable bonds is 4. The third-order valence-electron chi connectivity index (χ3n) is 4.04.